The second kappa shape index (κ2) is 8.49. The highest BCUT2D eigenvalue weighted by molar-refractivity contribution is 7.89. The van der Waals surface area contributed by atoms with Crippen LogP contribution in [0.25, 0.3) is 0 Å². The minimum Gasteiger partial charge on any atom is -0.340 e. The third-order valence-corrected chi connectivity index (χ3v) is 7.57. The first-order chi connectivity index (χ1) is 14.4. The van der Waals surface area contributed by atoms with Crippen LogP contribution >= 0.6 is 0 Å². The normalized spacial score (nSPS) is 22.3. The molecule has 1 aliphatic heterocycles. The van der Waals surface area contributed by atoms with Crippen molar-refractivity contribution in [3.8, 4) is 0 Å². The Labute approximate surface area is 178 Å². The molecule has 2 atom stereocenters. The fraction of sp³-hybridized carbons (Fsp3) is 0.435. The lowest BCUT2D eigenvalue weighted by atomic mass is 10.0. The van der Waals surface area contributed by atoms with E-state index in [1.807, 2.05) is 36.9 Å². The average Bonchev–Trinajstić information content (AvgIpc) is 3.11. The van der Waals surface area contributed by atoms with Gasteiger partial charge in [-0.2, -0.15) is 0 Å². The van der Waals surface area contributed by atoms with Gasteiger partial charge in [-0.3, -0.25) is 9.69 Å². The molecule has 0 bridgehead atoms. The zero-order valence-corrected chi connectivity index (χ0v) is 18.3. The minimum absolute atomic E-state index is 0.00538. The van der Waals surface area contributed by atoms with Crippen LogP contribution in [0.2, 0.25) is 0 Å². The molecule has 0 unspecified atom stereocenters. The van der Waals surface area contributed by atoms with Crippen molar-refractivity contribution in [3.63, 3.8) is 0 Å². The molecule has 30 heavy (non-hydrogen) atoms. The molecule has 7 heteroatoms. The molecule has 4 rings (SSSR count). The average molecular weight is 428 g/mol. The van der Waals surface area contributed by atoms with Crippen molar-refractivity contribution >= 4 is 15.9 Å². The van der Waals surface area contributed by atoms with E-state index in [1.165, 1.54) is 11.1 Å². The number of piperazine rings is 1. The summed E-state index contributed by atoms with van der Waals surface area (Å²) in [6, 6.07) is 16.5. The Kier molecular flexibility index (Phi) is 5.95. The van der Waals surface area contributed by atoms with Gasteiger partial charge in [-0.05, 0) is 29.7 Å². The van der Waals surface area contributed by atoms with Gasteiger partial charge in [0.1, 0.15) is 0 Å². The van der Waals surface area contributed by atoms with Gasteiger partial charge in [0.25, 0.3) is 0 Å². The highest BCUT2D eigenvalue weighted by Gasteiger charge is 2.40. The van der Waals surface area contributed by atoms with E-state index in [2.05, 4.69) is 21.8 Å². The van der Waals surface area contributed by atoms with Crippen molar-refractivity contribution in [3.05, 3.63) is 65.7 Å². The van der Waals surface area contributed by atoms with Crippen molar-refractivity contribution in [1.29, 1.82) is 0 Å². The summed E-state index contributed by atoms with van der Waals surface area (Å²) in [5.41, 5.74) is 2.37. The van der Waals surface area contributed by atoms with E-state index in [0.717, 1.165) is 13.1 Å². The number of sulfonamides is 1. The summed E-state index contributed by atoms with van der Waals surface area (Å²) in [5, 5.41) is 0. The number of carbonyl (C=O) groups excluding carboxylic acids is 1. The maximum atomic E-state index is 13.0. The monoisotopic (exact) mass is 427 g/mol. The SMILES string of the molecule is CC(C)C(=O)N1CCN([C@H]2c3ccccc3C[C@H]2NS(=O)(=O)c2ccccc2)CC1. The zero-order valence-electron chi connectivity index (χ0n) is 17.5. The molecule has 2 aromatic carbocycles. The fourth-order valence-corrected chi connectivity index (χ4v) is 5.85. The summed E-state index contributed by atoms with van der Waals surface area (Å²) >= 11 is 0. The number of benzene rings is 2. The maximum absolute atomic E-state index is 13.0. The Morgan fingerprint density at radius 1 is 0.967 bits per heavy atom. The number of hydrogen-bond donors (Lipinski definition) is 1. The van der Waals surface area contributed by atoms with E-state index in [1.54, 1.807) is 24.3 Å². The molecule has 1 saturated heterocycles. The third-order valence-electron chi connectivity index (χ3n) is 6.07. The Morgan fingerprint density at radius 2 is 1.60 bits per heavy atom. The van der Waals surface area contributed by atoms with Gasteiger partial charge in [-0.1, -0.05) is 56.3 Å². The molecule has 2 aromatic rings. The van der Waals surface area contributed by atoms with Crippen molar-refractivity contribution in [2.24, 2.45) is 5.92 Å². The lowest BCUT2D eigenvalue weighted by Crippen LogP contribution is -2.53. The second-order valence-electron chi connectivity index (χ2n) is 8.40. The van der Waals surface area contributed by atoms with E-state index in [-0.39, 0.29) is 28.8 Å². The van der Waals surface area contributed by atoms with Crippen LogP contribution in [0, 0.1) is 5.92 Å². The molecule has 160 valence electrons. The van der Waals surface area contributed by atoms with Crippen LogP contribution in [0.3, 0.4) is 0 Å². The van der Waals surface area contributed by atoms with Gasteiger partial charge < -0.3 is 4.90 Å². The van der Waals surface area contributed by atoms with Crippen LogP contribution in [-0.4, -0.2) is 56.3 Å². The summed E-state index contributed by atoms with van der Waals surface area (Å²) in [5.74, 6) is 0.178. The Bertz CT molecular complexity index is 999. The first-order valence-corrected chi connectivity index (χ1v) is 12.0. The fourth-order valence-electron chi connectivity index (χ4n) is 4.58. The van der Waals surface area contributed by atoms with Gasteiger partial charge in [0.15, 0.2) is 0 Å². The highest BCUT2D eigenvalue weighted by atomic mass is 32.2. The minimum atomic E-state index is -3.61. The number of amides is 1. The van der Waals surface area contributed by atoms with Gasteiger partial charge in [-0.15, -0.1) is 0 Å². The molecule has 1 aliphatic carbocycles. The van der Waals surface area contributed by atoms with E-state index in [9.17, 15) is 13.2 Å². The first-order valence-electron chi connectivity index (χ1n) is 10.5. The molecule has 1 fully saturated rings. The van der Waals surface area contributed by atoms with E-state index < -0.39 is 10.0 Å². The van der Waals surface area contributed by atoms with Gasteiger partial charge in [-0.25, -0.2) is 13.1 Å². The number of rotatable bonds is 5. The second-order valence-corrected chi connectivity index (χ2v) is 10.1. The maximum Gasteiger partial charge on any atom is 0.240 e. The predicted molar refractivity (Wildman–Crippen MR) is 116 cm³/mol. The summed E-state index contributed by atoms with van der Waals surface area (Å²) < 4.78 is 29.0. The summed E-state index contributed by atoms with van der Waals surface area (Å²) in [4.78, 5) is 16.9. The van der Waals surface area contributed by atoms with Crippen LogP contribution in [-0.2, 0) is 21.2 Å². The largest absolute Gasteiger partial charge is 0.340 e. The van der Waals surface area contributed by atoms with Crippen molar-refractivity contribution in [2.75, 3.05) is 26.2 Å². The first kappa shape index (κ1) is 21.0. The van der Waals surface area contributed by atoms with Crippen LogP contribution in [0.5, 0.6) is 0 Å². The van der Waals surface area contributed by atoms with E-state index >= 15 is 0 Å². The van der Waals surface area contributed by atoms with Gasteiger partial charge in [0, 0.05) is 38.1 Å². The molecule has 1 N–H and O–H groups in total. The molecule has 2 aliphatic rings. The van der Waals surface area contributed by atoms with Crippen molar-refractivity contribution < 1.29 is 13.2 Å². The number of nitrogens with one attached hydrogen (secondary N) is 1. The summed E-state index contributed by atoms with van der Waals surface area (Å²) in [6.45, 7) is 6.68. The number of fused-ring (bicyclic) bond motifs is 1. The van der Waals surface area contributed by atoms with E-state index in [0.29, 0.717) is 19.5 Å². The van der Waals surface area contributed by atoms with Crippen molar-refractivity contribution in [1.82, 2.24) is 14.5 Å². The van der Waals surface area contributed by atoms with Crippen LogP contribution in [0.4, 0.5) is 0 Å². The summed E-state index contributed by atoms with van der Waals surface area (Å²) in [6.07, 6.45) is 0.665. The van der Waals surface area contributed by atoms with Gasteiger partial charge >= 0.3 is 0 Å². The third kappa shape index (κ3) is 4.15. The molecule has 1 amide bonds. The molecular formula is C23H29N3O3S. The standard InChI is InChI=1S/C23H29N3O3S/c1-17(2)23(27)26-14-12-25(13-15-26)22-20-11-7-6-8-18(20)16-21(22)24-30(28,29)19-9-4-3-5-10-19/h3-11,17,21-22,24H,12-16H2,1-2H3/t21-,22+/m1/s1. The number of nitrogens with zero attached hydrogens (tertiary/aromatic N) is 2. The molecule has 6 nitrogen and oxygen atoms in total. The van der Waals surface area contributed by atoms with Crippen LogP contribution < -0.4 is 4.72 Å². The smallest absolute Gasteiger partial charge is 0.240 e. The van der Waals surface area contributed by atoms with Gasteiger partial charge in [0.05, 0.1) is 10.9 Å². The molecule has 1 heterocycles. The Hall–Kier alpha value is -2.22. The highest BCUT2D eigenvalue weighted by Crippen LogP contribution is 2.37. The Balaban J connectivity index is 1.56. The lowest BCUT2D eigenvalue weighted by Gasteiger charge is -2.41. The molecule has 0 saturated carbocycles. The van der Waals surface area contributed by atoms with Crippen LogP contribution in [0.1, 0.15) is 31.0 Å². The molecular weight excluding hydrogens is 398 g/mol. The number of hydrogen-bond acceptors (Lipinski definition) is 4. The van der Waals surface area contributed by atoms with Crippen LogP contribution in [0.15, 0.2) is 59.5 Å². The van der Waals surface area contributed by atoms with Gasteiger partial charge in [0.2, 0.25) is 15.9 Å². The quantitative estimate of drug-likeness (QED) is 0.796. The van der Waals surface area contributed by atoms with E-state index in [4.69, 9.17) is 0 Å². The van der Waals surface area contributed by atoms with Crippen molar-refractivity contribution in [2.45, 2.75) is 37.2 Å². The topological polar surface area (TPSA) is 69.7 Å². The molecule has 0 aromatic heterocycles. The lowest BCUT2D eigenvalue weighted by molar-refractivity contribution is -0.136. The number of carbonyl (C=O) groups is 1. The molecule has 0 spiro atoms. The Morgan fingerprint density at radius 3 is 2.27 bits per heavy atom. The predicted octanol–water partition coefficient (Wildman–Crippen LogP) is 2.43. The summed E-state index contributed by atoms with van der Waals surface area (Å²) in [7, 11) is -3.61. The molecule has 0 radical (unpaired) electrons. The zero-order chi connectivity index (χ0) is 21.3.